The van der Waals surface area contributed by atoms with Gasteiger partial charge in [-0.05, 0) is 6.42 Å². The average molecular weight is 238 g/mol. The molecule has 0 aromatic carbocycles. The molecule has 0 radical (unpaired) electrons. The van der Waals surface area contributed by atoms with Crippen molar-refractivity contribution in [3.05, 3.63) is 16.1 Å². The molecule has 0 spiro atoms. The highest BCUT2D eigenvalue weighted by Crippen LogP contribution is 2.26. The summed E-state index contributed by atoms with van der Waals surface area (Å²) in [7, 11) is 0. The lowest BCUT2D eigenvalue weighted by Gasteiger charge is -2.13. The van der Waals surface area contributed by atoms with E-state index in [1.807, 2.05) is 0 Å². The van der Waals surface area contributed by atoms with Crippen LogP contribution >= 0.6 is 11.3 Å². The highest BCUT2D eigenvalue weighted by Gasteiger charge is 2.23. The summed E-state index contributed by atoms with van der Waals surface area (Å²) < 4.78 is 0. The lowest BCUT2D eigenvalue weighted by molar-refractivity contribution is -0.119. The molecule has 4 heteroatoms. The van der Waals surface area contributed by atoms with E-state index < -0.39 is 0 Å². The van der Waals surface area contributed by atoms with Crippen molar-refractivity contribution in [1.29, 1.82) is 0 Å². The fourth-order valence-electron chi connectivity index (χ4n) is 1.83. The van der Waals surface area contributed by atoms with Crippen molar-refractivity contribution in [3.8, 4) is 0 Å². The number of thiazole rings is 1. The minimum absolute atomic E-state index is 0.127. The lowest BCUT2D eigenvalue weighted by Crippen LogP contribution is -2.27. The zero-order valence-electron chi connectivity index (χ0n) is 10.0. The van der Waals surface area contributed by atoms with E-state index in [0.717, 1.165) is 18.5 Å². The molecule has 1 atom stereocenters. The first-order chi connectivity index (χ1) is 7.45. The topological polar surface area (TPSA) is 42.0 Å². The van der Waals surface area contributed by atoms with Crippen molar-refractivity contribution >= 4 is 17.2 Å². The van der Waals surface area contributed by atoms with Crippen LogP contribution in [0.3, 0.4) is 0 Å². The van der Waals surface area contributed by atoms with Crippen molar-refractivity contribution < 1.29 is 4.79 Å². The summed E-state index contributed by atoms with van der Waals surface area (Å²) in [6, 6.07) is 0.294. The van der Waals surface area contributed by atoms with Gasteiger partial charge in [0, 0.05) is 29.7 Å². The minimum atomic E-state index is 0.127. The van der Waals surface area contributed by atoms with Crippen LogP contribution in [0.15, 0.2) is 5.38 Å². The normalized spacial score (nSPS) is 21.2. The van der Waals surface area contributed by atoms with Crippen LogP contribution in [-0.2, 0) is 16.6 Å². The lowest BCUT2D eigenvalue weighted by atomic mass is 9.98. The summed E-state index contributed by atoms with van der Waals surface area (Å²) in [5.41, 5.74) is 1.24. The Morgan fingerprint density at radius 1 is 1.56 bits per heavy atom. The summed E-state index contributed by atoms with van der Waals surface area (Å²) in [6.07, 6.45) is 2.49. The van der Waals surface area contributed by atoms with Gasteiger partial charge in [0.05, 0.1) is 10.7 Å². The monoisotopic (exact) mass is 238 g/mol. The van der Waals surface area contributed by atoms with Crippen LogP contribution < -0.4 is 5.32 Å². The molecule has 1 fully saturated rings. The van der Waals surface area contributed by atoms with Gasteiger partial charge in [-0.1, -0.05) is 20.8 Å². The second-order valence-electron chi connectivity index (χ2n) is 5.40. The van der Waals surface area contributed by atoms with Crippen LogP contribution in [0, 0.1) is 0 Å². The van der Waals surface area contributed by atoms with E-state index in [-0.39, 0.29) is 11.3 Å². The van der Waals surface area contributed by atoms with Crippen LogP contribution in [0.25, 0.3) is 0 Å². The van der Waals surface area contributed by atoms with Crippen molar-refractivity contribution in [2.24, 2.45) is 0 Å². The number of nitrogens with zero attached hydrogens (tertiary/aromatic N) is 1. The molecule has 2 heterocycles. The second-order valence-corrected chi connectivity index (χ2v) is 6.26. The van der Waals surface area contributed by atoms with Crippen LogP contribution in [0.1, 0.15) is 44.3 Å². The van der Waals surface area contributed by atoms with Crippen LogP contribution in [-0.4, -0.2) is 16.9 Å². The van der Waals surface area contributed by atoms with Gasteiger partial charge >= 0.3 is 0 Å². The van der Waals surface area contributed by atoms with Gasteiger partial charge in [-0.3, -0.25) is 4.79 Å². The minimum Gasteiger partial charge on any atom is -0.353 e. The number of aromatic nitrogens is 1. The number of carbonyl (C=O) groups excluding carboxylic acids is 1. The predicted octanol–water partition coefficient (Wildman–Crippen LogP) is 2.26. The number of rotatable bonds is 2. The van der Waals surface area contributed by atoms with E-state index in [0.29, 0.717) is 12.5 Å². The van der Waals surface area contributed by atoms with Crippen LogP contribution in [0.4, 0.5) is 0 Å². The van der Waals surface area contributed by atoms with Gasteiger partial charge in [0.15, 0.2) is 0 Å². The average Bonchev–Trinajstić information content (AvgIpc) is 2.74. The summed E-state index contributed by atoms with van der Waals surface area (Å²) in [5, 5.41) is 6.27. The van der Waals surface area contributed by atoms with E-state index in [4.69, 9.17) is 0 Å². The molecule has 88 valence electrons. The van der Waals surface area contributed by atoms with Gasteiger partial charge in [0.1, 0.15) is 0 Å². The second kappa shape index (κ2) is 4.17. The zero-order valence-corrected chi connectivity index (χ0v) is 10.9. The molecule has 0 bridgehead atoms. The molecular formula is C12H18N2OS. The molecule has 3 nitrogen and oxygen atoms in total. The summed E-state index contributed by atoms with van der Waals surface area (Å²) in [4.78, 5) is 15.7. The van der Waals surface area contributed by atoms with Crippen molar-refractivity contribution in [2.75, 3.05) is 0 Å². The molecule has 1 aliphatic rings. The van der Waals surface area contributed by atoms with E-state index in [2.05, 4.69) is 36.5 Å². The summed E-state index contributed by atoms with van der Waals surface area (Å²) in [6.45, 7) is 6.52. The first kappa shape index (κ1) is 11.6. The number of carbonyl (C=O) groups is 1. The quantitative estimate of drug-likeness (QED) is 0.858. The first-order valence-corrected chi connectivity index (χ1v) is 6.57. The molecular weight excluding hydrogens is 220 g/mol. The standard InChI is InChI=1S/C12H18N2OS/c1-12(2,3)11-14-9(7-16-11)6-8-4-5-10(15)13-8/h7-8H,4-6H2,1-3H3,(H,13,15). The van der Waals surface area contributed by atoms with Gasteiger partial charge in [0.25, 0.3) is 0 Å². The third-order valence-electron chi connectivity index (χ3n) is 2.73. The molecule has 1 N–H and O–H groups in total. The molecule has 1 unspecified atom stereocenters. The molecule has 1 amide bonds. The third-order valence-corrected chi connectivity index (χ3v) is 4.05. The third kappa shape index (κ3) is 2.61. The molecule has 16 heavy (non-hydrogen) atoms. The molecule has 1 saturated heterocycles. The Kier molecular flexibility index (Phi) is 3.02. The van der Waals surface area contributed by atoms with E-state index in [1.165, 1.54) is 5.01 Å². The van der Waals surface area contributed by atoms with Crippen molar-refractivity contribution in [3.63, 3.8) is 0 Å². The molecule has 0 saturated carbocycles. The largest absolute Gasteiger partial charge is 0.353 e. The van der Waals surface area contributed by atoms with Gasteiger partial charge in [-0.15, -0.1) is 11.3 Å². The molecule has 1 aromatic rings. The number of amides is 1. The van der Waals surface area contributed by atoms with E-state index >= 15 is 0 Å². The van der Waals surface area contributed by atoms with Gasteiger partial charge in [0.2, 0.25) is 5.91 Å². The number of hydrogen-bond acceptors (Lipinski definition) is 3. The fourth-order valence-corrected chi connectivity index (χ4v) is 2.75. The zero-order chi connectivity index (χ0) is 11.8. The smallest absolute Gasteiger partial charge is 0.220 e. The Hall–Kier alpha value is -0.900. The van der Waals surface area contributed by atoms with E-state index in [9.17, 15) is 4.79 Å². The molecule has 0 aliphatic carbocycles. The van der Waals surface area contributed by atoms with E-state index in [1.54, 1.807) is 11.3 Å². The van der Waals surface area contributed by atoms with Crippen molar-refractivity contribution in [1.82, 2.24) is 10.3 Å². The van der Waals surface area contributed by atoms with Gasteiger partial charge in [-0.2, -0.15) is 0 Å². The van der Waals surface area contributed by atoms with Gasteiger partial charge in [-0.25, -0.2) is 4.98 Å². The molecule has 2 rings (SSSR count). The summed E-state index contributed by atoms with van der Waals surface area (Å²) >= 11 is 1.72. The maximum absolute atomic E-state index is 11.1. The summed E-state index contributed by atoms with van der Waals surface area (Å²) in [5.74, 6) is 0.177. The first-order valence-electron chi connectivity index (χ1n) is 5.69. The maximum atomic E-state index is 11.1. The van der Waals surface area contributed by atoms with Gasteiger partial charge < -0.3 is 5.32 Å². The van der Waals surface area contributed by atoms with Crippen molar-refractivity contribution in [2.45, 2.75) is 51.5 Å². The van der Waals surface area contributed by atoms with Crippen LogP contribution in [0.5, 0.6) is 0 Å². The number of hydrogen-bond donors (Lipinski definition) is 1. The SMILES string of the molecule is CC(C)(C)c1nc(CC2CCC(=O)N2)cs1. The van der Waals surface area contributed by atoms with Crippen LogP contribution in [0.2, 0.25) is 0 Å². The Balaban J connectivity index is 2.00. The fraction of sp³-hybridized carbons (Fsp3) is 0.667. The Labute approximate surface area is 100 Å². The molecule has 1 aliphatic heterocycles. The highest BCUT2D eigenvalue weighted by atomic mass is 32.1. The maximum Gasteiger partial charge on any atom is 0.220 e. The Morgan fingerprint density at radius 2 is 2.31 bits per heavy atom. The Morgan fingerprint density at radius 3 is 2.81 bits per heavy atom. The molecule has 1 aromatic heterocycles. The number of nitrogens with one attached hydrogen (secondary N) is 1. The predicted molar refractivity (Wildman–Crippen MR) is 65.7 cm³/mol. The Bertz CT molecular complexity index is 392. The highest BCUT2D eigenvalue weighted by molar-refractivity contribution is 7.09.